The van der Waals surface area contributed by atoms with Crippen LogP contribution in [0, 0.1) is 0 Å². The lowest BCUT2D eigenvalue weighted by Gasteiger charge is -2.27. The molecule has 144 valence electrons. The fourth-order valence-corrected chi connectivity index (χ4v) is 4.16. The van der Waals surface area contributed by atoms with E-state index in [9.17, 15) is 8.42 Å². The van der Waals surface area contributed by atoms with Gasteiger partial charge in [0, 0.05) is 38.6 Å². The topological polar surface area (TPSA) is 95.5 Å². The minimum atomic E-state index is -3.54. The van der Waals surface area contributed by atoms with E-state index in [0.29, 0.717) is 18.5 Å². The van der Waals surface area contributed by atoms with Crippen LogP contribution < -0.4 is 15.4 Å². The van der Waals surface area contributed by atoms with Gasteiger partial charge in [-0.2, -0.15) is 0 Å². The summed E-state index contributed by atoms with van der Waals surface area (Å²) in [7, 11) is -1.82. The second-order valence-corrected chi connectivity index (χ2v) is 8.21. The Balaban J connectivity index is 1.45. The van der Waals surface area contributed by atoms with E-state index in [0.717, 1.165) is 19.3 Å². The molecule has 2 aromatic rings. The van der Waals surface area contributed by atoms with Crippen LogP contribution in [0.5, 0.6) is 0 Å². The van der Waals surface area contributed by atoms with E-state index < -0.39 is 10.0 Å². The average Bonchev–Trinajstić information content (AvgIpc) is 2.71. The number of pyridine rings is 1. The van der Waals surface area contributed by atoms with Crippen molar-refractivity contribution in [3.05, 3.63) is 59.9 Å². The van der Waals surface area contributed by atoms with Crippen LogP contribution in [0.4, 0.5) is 0 Å². The van der Waals surface area contributed by atoms with Gasteiger partial charge in [0.15, 0.2) is 5.96 Å². The zero-order valence-corrected chi connectivity index (χ0v) is 16.2. The zero-order chi connectivity index (χ0) is 19.1. The molecule has 1 aliphatic rings. The van der Waals surface area contributed by atoms with Gasteiger partial charge in [0.2, 0.25) is 10.0 Å². The lowest BCUT2D eigenvalue weighted by molar-refractivity contribution is 0.520. The second-order valence-electron chi connectivity index (χ2n) is 6.44. The van der Waals surface area contributed by atoms with Gasteiger partial charge >= 0.3 is 0 Å². The molecular formula is C19H25N5O2S. The van der Waals surface area contributed by atoms with Crippen LogP contribution in [0.15, 0.2) is 58.7 Å². The highest BCUT2D eigenvalue weighted by Crippen LogP contribution is 2.20. The summed E-state index contributed by atoms with van der Waals surface area (Å²) in [5, 5.41) is 6.59. The van der Waals surface area contributed by atoms with Gasteiger partial charge < -0.3 is 10.6 Å². The average molecular weight is 388 g/mol. The van der Waals surface area contributed by atoms with Crippen LogP contribution in [0.3, 0.4) is 0 Å². The summed E-state index contributed by atoms with van der Waals surface area (Å²) in [5.74, 6) is 0.681. The molecule has 1 aromatic carbocycles. The molecule has 1 heterocycles. The van der Waals surface area contributed by atoms with E-state index in [4.69, 9.17) is 0 Å². The monoisotopic (exact) mass is 387 g/mol. The van der Waals surface area contributed by atoms with Crippen LogP contribution in [-0.4, -0.2) is 45.5 Å². The van der Waals surface area contributed by atoms with Crippen molar-refractivity contribution in [1.29, 1.82) is 0 Å². The summed E-state index contributed by atoms with van der Waals surface area (Å²) in [6, 6.07) is 11.9. The van der Waals surface area contributed by atoms with E-state index in [1.165, 1.54) is 23.4 Å². The first-order chi connectivity index (χ1) is 13.1. The molecular weight excluding hydrogens is 362 g/mol. The van der Waals surface area contributed by atoms with Crippen molar-refractivity contribution < 1.29 is 8.42 Å². The third-order valence-electron chi connectivity index (χ3n) is 4.57. The quantitative estimate of drug-likeness (QED) is 0.392. The van der Waals surface area contributed by atoms with E-state index >= 15 is 0 Å². The number of aliphatic imine (C=N–C) groups is 1. The molecule has 3 N–H and O–H groups in total. The Morgan fingerprint density at radius 3 is 2.74 bits per heavy atom. The standard InChI is InChI=1S/C19H25N5O2S/c1-20-19(24-17-9-8-15-5-2-3-6-16(15)13-17)22-11-12-23-27(25,26)18-7-4-10-21-14-18/h2-7,10,14,17,23H,8-9,11-13H2,1H3,(H2,20,22,24). The second kappa shape index (κ2) is 8.96. The predicted octanol–water partition coefficient (Wildman–Crippen LogP) is 1.08. The molecule has 0 bridgehead atoms. The van der Waals surface area contributed by atoms with Crippen molar-refractivity contribution in [3.63, 3.8) is 0 Å². The van der Waals surface area contributed by atoms with Crippen LogP contribution in [0.2, 0.25) is 0 Å². The number of aryl methyl sites for hydroxylation is 1. The Bertz CT molecular complexity index is 884. The molecule has 1 unspecified atom stereocenters. The number of hydrogen-bond donors (Lipinski definition) is 3. The highest BCUT2D eigenvalue weighted by Gasteiger charge is 2.19. The number of nitrogens with zero attached hydrogens (tertiary/aromatic N) is 2. The first kappa shape index (κ1) is 19.3. The van der Waals surface area contributed by atoms with E-state index in [-0.39, 0.29) is 11.4 Å². The van der Waals surface area contributed by atoms with Gasteiger partial charge in [-0.1, -0.05) is 24.3 Å². The number of rotatable bonds is 6. The maximum absolute atomic E-state index is 12.2. The minimum Gasteiger partial charge on any atom is -0.355 e. The van der Waals surface area contributed by atoms with Gasteiger partial charge in [-0.15, -0.1) is 0 Å². The first-order valence-electron chi connectivity index (χ1n) is 9.02. The molecule has 0 aliphatic heterocycles. The number of nitrogens with one attached hydrogen (secondary N) is 3. The van der Waals surface area contributed by atoms with Crippen LogP contribution >= 0.6 is 0 Å². The molecule has 0 radical (unpaired) electrons. The maximum Gasteiger partial charge on any atom is 0.242 e. The largest absolute Gasteiger partial charge is 0.355 e. The van der Waals surface area contributed by atoms with Gasteiger partial charge in [0.05, 0.1) is 0 Å². The fraction of sp³-hybridized carbons (Fsp3) is 0.368. The summed E-state index contributed by atoms with van der Waals surface area (Å²) < 4.78 is 26.9. The fourth-order valence-electron chi connectivity index (χ4n) is 3.16. The molecule has 0 spiro atoms. The van der Waals surface area contributed by atoms with Crippen molar-refractivity contribution in [1.82, 2.24) is 20.3 Å². The zero-order valence-electron chi connectivity index (χ0n) is 15.4. The number of benzene rings is 1. The summed E-state index contributed by atoms with van der Waals surface area (Å²) in [4.78, 5) is 8.24. The van der Waals surface area contributed by atoms with Crippen molar-refractivity contribution in [2.75, 3.05) is 20.1 Å². The van der Waals surface area contributed by atoms with Crippen LogP contribution in [0.1, 0.15) is 17.5 Å². The lowest BCUT2D eigenvalue weighted by atomic mass is 9.88. The predicted molar refractivity (Wildman–Crippen MR) is 106 cm³/mol. The van der Waals surface area contributed by atoms with Crippen molar-refractivity contribution in [3.8, 4) is 0 Å². The van der Waals surface area contributed by atoms with Crippen LogP contribution in [-0.2, 0) is 22.9 Å². The molecule has 1 aromatic heterocycles. The Kier molecular flexibility index (Phi) is 6.41. The number of fused-ring (bicyclic) bond motifs is 1. The van der Waals surface area contributed by atoms with Crippen molar-refractivity contribution >= 4 is 16.0 Å². The third-order valence-corrected chi connectivity index (χ3v) is 6.01. The third kappa shape index (κ3) is 5.27. The van der Waals surface area contributed by atoms with Gasteiger partial charge in [0.25, 0.3) is 0 Å². The number of guanidine groups is 1. The van der Waals surface area contributed by atoms with Gasteiger partial charge in [-0.25, -0.2) is 13.1 Å². The normalized spacial score (nSPS) is 17.2. The van der Waals surface area contributed by atoms with E-state index in [2.05, 4.69) is 49.6 Å². The molecule has 1 aliphatic carbocycles. The molecule has 8 heteroatoms. The molecule has 0 saturated carbocycles. The van der Waals surface area contributed by atoms with Gasteiger partial charge in [-0.3, -0.25) is 9.98 Å². The van der Waals surface area contributed by atoms with Crippen molar-refractivity contribution in [2.45, 2.75) is 30.2 Å². The van der Waals surface area contributed by atoms with Crippen molar-refractivity contribution in [2.24, 2.45) is 4.99 Å². The SMILES string of the molecule is CN=C(NCCNS(=O)(=O)c1cccnc1)NC1CCc2ccccc2C1. The Hall–Kier alpha value is -2.45. The Labute approximate surface area is 160 Å². The molecule has 27 heavy (non-hydrogen) atoms. The highest BCUT2D eigenvalue weighted by atomic mass is 32.2. The van der Waals surface area contributed by atoms with E-state index in [1.807, 2.05) is 0 Å². The molecule has 7 nitrogen and oxygen atoms in total. The smallest absolute Gasteiger partial charge is 0.242 e. The molecule has 1 atom stereocenters. The molecule has 0 amide bonds. The highest BCUT2D eigenvalue weighted by molar-refractivity contribution is 7.89. The molecule has 3 rings (SSSR count). The Morgan fingerprint density at radius 1 is 1.19 bits per heavy atom. The summed E-state index contributed by atoms with van der Waals surface area (Å²) in [6.07, 6.45) is 5.93. The number of hydrogen-bond acceptors (Lipinski definition) is 4. The first-order valence-corrected chi connectivity index (χ1v) is 10.5. The van der Waals surface area contributed by atoms with Gasteiger partial charge in [0.1, 0.15) is 4.90 Å². The maximum atomic E-state index is 12.2. The van der Waals surface area contributed by atoms with Crippen LogP contribution in [0.25, 0.3) is 0 Å². The molecule has 0 fully saturated rings. The Morgan fingerprint density at radius 2 is 2.00 bits per heavy atom. The van der Waals surface area contributed by atoms with Gasteiger partial charge in [-0.05, 0) is 42.5 Å². The number of sulfonamides is 1. The summed E-state index contributed by atoms with van der Waals surface area (Å²) >= 11 is 0. The summed E-state index contributed by atoms with van der Waals surface area (Å²) in [6.45, 7) is 0.688. The lowest BCUT2D eigenvalue weighted by Crippen LogP contribution is -2.47. The summed E-state index contributed by atoms with van der Waals surface area (Å²) in [5.41, 5.74) is 2.80. The minimum absolute atomic E-state index is 0.161. The molecule has 0 saturated heterocycles. The number of aromatic nitrogens is 1. The van der Waals surface area contributed by atoms with E-state index in [1.54, 1.807) is 19.3 Å².